The Labute approximate surface area is 124 Å². The molecule has 0 radical (unpaired) electrons. The maximum Gasteiger partial charge on any atom is 0.317 e. The molecule has 6 nitrogen and oxygen atoms in total. The zero-order valence-electron chi connectivity index (χ0n) is 12.7. The Hall–Kier alpha value is -2.08. The second kappa shape index (κ2) is 7.64. The molecule has 1 aromatic carbocycles. The third-order valence-electron chi connectivity index (χ3n) is 3.40. The zero-order valence-corrected chi connectivity index (χ0v) is 12.7. The maximum absolute atomic E-state index is 12.2. The lowest BCUT2D eigenvalue weighted by Crippen LogP contribution is -2.43. The number of hydrogen-bond donors (Lipinski definition) is 3. The first-order chi connectivity index (χ1) is 9.88. The number of nitrogens with one attached hydrogen (secondary N) is 1. The van der Waals surface area contributed by atoms with Gasteiger partial charge in [0.05, 0.1) is 12.6 Å². The lowest BCUT2D eigenvalue weighted by atomic mass is 10.1. The number of likely N-dealkylation sites (N-methyl/N-ethyl adjacent to an activating group) is 1. The van der Waals surface area contributed by atoms with Crippen LogP contribution >= 0.6 is 0 Å². The minimum absolute atomic E-state index is 0.178. The molecule has 116 valence electrons. The molecule has 0 aliphatic carbocycles. The summed E-state index contributed by atoms with van der Waals surface area (Å²) in [5.74, 6) is -1.19. The van der Waals surface area contributed by atoms with Gasteiger partial charge in [0, 0.05) is 11.4 Å². The fourth-order valence-electron chi connectivity index (χ4n) is 2.24. The number of hydrogen-bond acceptors (Lipinski definition) is 4. The third kappa shape index (κ3) is 4.75. The van der Waals surface area contributed by atoms with Gasteiger partial charge in [-0.05, 0) is 37.6 Å². The van der Waals surface area contributed by atoms with Crippen molar-refractivity contribution in [3.8, 4) is 0 Å². The molecule has 0 saturated carbocycles. The van der Waals surface area contributed by atoms with E-state index in [2.05, 4.69) is 5.32 Å². The number of aryl methyl sites for hydroxylation is 1. The Morgan fingerprint density at radius 1 is 1.38 bits per heavy atom. The van der Waals surface area contributed by atoms with Gasteiger partial charge in [-0.2, -0.15) is 0 Å². The largest absolute Gasteiger partial charge is 0.480 e. The van der Waals surface area contributed by atoms with E-state index in [-0.39, 0.29) is 12.5 Å². The molecule has 1 unspecified atom stereocenters. The molecule has 1 aromatic rings. The van der Waals surface area contributed by atoms with E-state index >= 15 is 0 Å². The highest BCUT2D eigenvalue weighted by atomic mass is 16.4. The topological polar surface area (TPSA) is 95.7 Å². The molecule has 0 bridgehead atoms. The molecule has 0 aliphatic heterocycles. The van der Waals surface area contributed by atoms with E-state index in [9.17, 15) is 9.59 Å². The van der Waals surface area contributed by atoms with Gasteiger partial charge in [-0.25, -0.2) is 0 Å². The molecular formula is C15H23N3O3. The van der Waals surface area contributed by atoms with Gasteiger partial charge >= 0.3 is 5.97 Å². The van der Waals surface area contributed by atoms with Gasteiger partial charge in [-0.15, -0.1) is 0 Å². The van der Waals surface area contributed by atoms with Crippen molar-refractivity contribution in [1.82, 2.24) is 4.90 Å². The lowest BCUT2D eigenvalue weighted by molar-refractivity contribution is -0.139. The number of nitrogens with zero attached hydrogens (tertiary/aromatic N) is 1. The Balaban J connectivity index is 2.78. The summed E-state index contributed by atoms with van der Waals surface area (Å²) in [6, 6.07) is 4.91. The van der Waals surface area contributed by atoms with Crippen LogP contribution in [0.15, 0.2) is 18.2 Å². The smallest absolute Gasteiger partial charge is 0.317 e. The summed E-state index contributed by atoms with van der Waals surface area (Å²) in [6.45, 7) is 3.68. The average molecular weight is 293 g/mol. The minimum Gasteiger partial charge on any atom is -0.480 e. The zero-order chi connectivity index (χ0) is 16.0. The Morgan fingerprint density at radius 3 is 2.52 bits per heavy atom. The Bertz CT molecular complexity index is 517. The van der Waals surface area contributed by atoms with Gasteiger partial charge in [0.25, 0.3) is 0 Å². The summed E-state index contributed by atoms with van der Waals surface area (Å²) in [5.41, 5.74) is 8.20. The van der Waals surface area contributed by atoms with Crippen molar-refractivity contribution in [3.05, 3.63) is 23.8 Å². The van der Waals surface area contributed by atoms with E-state index in [4.69, 9.17) is 10.8 Å². The van der Waals surface area contributed by atoms with Gasteiger partial charge in [-0.1, -0.05) is 19.9 Å². The number of carboxylic acid groups (broad SMARTS) is 1. The molecule has 0 aromatic heterocycles. The van der Waals surface area contributed by atoms with Crippen LogP contribution in [0.1, 0.15) is 25.8 Å². The van der Waals surface area contributed by atoms with E-state index in [1.165, 1.54) is 4.90 Å². The summed E-state index contributed by atoms with van der Waals surface area (Å²) >= 11 is 0. The quantitative estimate of drug-likeness (QED) is 0.663. The summed E-state index contributed by atoms with van der Waals surface area (Å²) in [5, 5.41) is 11.6. The average Bonchev–Trinajstić information content (AvgIpc) is 2.38. The predicted octanol–water partition coefficient (Wildman–Crippen LogP) is 1.56. The van der Waals surface area contributed by atoms with E-state index in [1.54, 1.807) is 19.2 Å². The molecule has 0 spiro atoms. The maximum atomic E-state index is 12.2. The summed E-state index contributed by atoms with van der Waals surface area (Å²) < 4.78 is 0. The van der Waals surface area contributed by atoms with Crippen molar-refractivity contribution in [2.75, 3.05) is 24.6 Å². The van der Waals surface area contributed by atoms with Crippen LogP contribution in [-0.2, 0) is 16.0 Å². The van der Waals surface area contributed by atoms with E-state index in [0.717, 1.165) is 12.0 Å². The molecule has 0 fully saturated rings. The number of aliphatic carboxylic acids is 1. The predicted molar refractivity (Wildman–Crippen MR) is 83.2 cm³/mol. The van der Waals surface area contributed by atoms with Crippen molar-refractivity contribution in [1.29, 1.82) is 0 Å². The van der Waals surface area contributed by atoms with E-state index in [0.29, 0.717) is 17.8 Å². The van der Waals surface area contributed by atoms with E-state index < -0.39 is 12.0 Å². The van der Waals surface area contributed by atoms with Crippen LogP contribution in [-0.4, -0.2) is 41.5 Å². The van der Waals surface area contributed by atoms with Gasteiger partial charge in [0.1, 0.15) is 0 Å². The fraction of sp³-hybridized carbons (Fsp3) is 0.467. The second-order valence-corrected chi connectivity index (χ2v) is 4.99. The number of rotatable bonds is 7. The number of carbonyl (C=O) groups excluding carboxylic acids is 1. The molecule has 6 heteroatoms. The van der Waals surface area contributed by atoms with Crippen LogP contribution in [0, 0.1) is 0 Å². The van der Waals surface area contributed by atoms with Crippen LogP contribution < -0.4 is 11.1 Å². The first-order valence-corrected chi connectivity index (χ1v) is 7.00. The van der Waals surface area contributed by atoms with Crippen LogP contribution in [0.25, 0.3) is 0 Å². The molecular weight excluding hydrogens is 270 g/mol. The summed E-state index contributed by atoms with van der Waals surface area (Å²) in [4.78, 5) is 24.5. The van der Waals surface area contributed by atoms with Gasteiger partial charge in [0.15, 0.2) is 0 Å². The number of carbonyl (C=O) groups is 2. The number of carboxylic acids is 1. The monoisotopic (exact) mass is 293 g/mol. The summed E-state index contributed by atoms with van der Waals surface area (Å²) in [6.07, 6.45) is 1.36. The van der Waals surface area contributed by atoms with Crippen molar-refractivity contribution >= 4 is 23.3 Å². The standard InChI is InChI=1S/C15H23N3O3/c1-4-10-6-7-11(8-12(10)16)17-15(21)13(5-2)18(3)9-14(19)20/h6-8,13H,4-5,9,16H2,1-3H3,(H,17,21)(H,19,20). The minimum atomic E-state index is -0.958. The van der Waals surface area contributed by atoms with Crippen molar-refractivity contribution in [2.45, 2.75) is 32.7 Å². The molecule has 0 aliphatic rings. The van der Waals surface area contributed by atoms with Crippen molar-refractivity contribution in [3.63, 3.8) is 0 Å². The fourth-order valence-corrected chi connectivity index (χ4v) is 2.24. The lowest BCUT2D eigenvalue weighted by Gasteiger charge is -2.24. The molecule has 1 amide bonds. The van der Waals surface area contributed by atoms with Crippen molar-refractivity contribution in [2.24, 2.45) is 0 Å². The van der Waals surface area contributed by atoms with Crippen LogP contribution in [0.3, 0.4) is 0 Å². The number of nitrogen functional groups attached to an aromatic ring is 1. The van der Waals surface area contributed by atoms with E-state index in [1.807, 2.05) is 19.9 Å². The van der Waals surface area contributed by atoms with Gasteiger partial charge in [0.2, 0.25) is 5.91 Å². The Morgan fingerprint density at radius 2 is 2.05 bits per heavy atom. The highest BCUT2D eigenvalue weighted by Gasteiger charge is 2.23. The van der Waals surface area contributed by atoms with Crippen LogP contribution in [0.4, 0.5) is 11.4 Å². The number of benzene rings is 1. The SMILES string of the molecule is CCc1ccc(NC(=O)C(CC)N(C)CC(=O)O)cc1N. The molecule has 21 heavy (non-hydrogen) atoms. The van der Waals surface area contributed by atoms with Crippen molar-refractivity contribution < 1.29 is 14.7 Å². The third-order valence-corrected chi connectivity index (χ3v) is 3.40. The van der Waals surface area contributed by atoms with Crippen LogP contribution in [0.2, 0.25) is 0 Å². The normalized spacial score (nSPS) is 12.2. The summed E-state index contributed by atoms with van der Waals surface area (Å²) in [7, 11) is 1.62. The molecule has 1 atom stereocenters. The second-order valence-electron chi connectivity index (χ2n) is 4.99. The molecule has 4 N–H and O–H groups in total. The Kier molecular flexibility index (Phi) is 6.17. The first kappa shape index (κ1) is 17.0. The number of anilines is 2. The highest BCUT2D eigenvalue weighted by Crippen LogP contribution is 2.19. The molecule has 1 rings (SSSR count). The number of nitrogens with two attached hydrogens (primary N) is 1. The van der Waals surface area contributed by atoms with Crippen LogP contribution in [0.5, 0.6) is 0 Å². The molecule has 0 saturated heterocycles. The number of amides is 1. The van der Waals surface area contributed by atoms with Gasteiger partial charge < -0.3 is 16.2 Å². The first-order valence-electron chi connectivity index (χ1n) is 7.00. The highest BCUT2D eigenvalue weighted by molar-refractivity contribution is 5.95. The molecule has 0 heterocycles. The van der Waals surface area contributed by atoms with Gasteiger partial charge in [-0.3, -0.25) is 14.5 Å².